The average molecular weight is 319 g/mol. The maximum atomic E-state index is 12.0. The molecular weight excluding hydrogens is 294 g/mol. The molecule has 2 rings (SSSR count). The van der Waals surface area contributed by atoms with E-state index in [9.17, 15) is 9.59 Å². The average Bonchev–Trinajstić information content (AvgIpc) is 2.56. The number of hydrogen-bond acceptors (Lipinski definition) is 4. The van der Waals surface area contributed by atoms with Crippen LogP contribution in [0.4, 0.5) is 5.69 Å². The SMILES string of the molecule is CCCCNC(=O)c1ccc(NC(=O)CN2CCOCC2)cc1. The van der Waals surface area contributed by atoms with Crippen LogP contribution in [0.1, 0.15) is 30.1 Å². The number of carbonyl (C=O) groups is 2. The predicted molar refractivity (Wildman–Crippen MR) is 89.6 cm³/mol. The Bertz CT molecular complexity index is 510. The third-order valence-corrected chi connectivity index (χ3v) is 3.72. The van der Waals surface area contributed by atoms with Gasteiger partial charge in [0, 0.05) is 30.9 Å². The molecule has 6 nitrogen and oxygen atoms in total. The lowest BCUT2D eigenvalue weighted by Crippen LogP contribution is -2.41. The number of rotatable bonds is 7. The van der Waals surface area contributed by atoms with Crippen molar-refractivity contribution >= 4 is 17.5 Å². The van der Waals surface area contributed by atoms with Gasteiger partial charge in [0.05, 0.1) is 19.8 Å². The summed E-state index contributed by atoms with van der Waals surface area (Å²) in [7, 11) is 0. The molecule has 1 saturated heterocycles. The van der Waals surface area contributed by atoms with E-state index in [1.807, 2.05) is 0 Å². The summed E-state index contributed by atoms with van der Waals surface area (Å²) in [6.45, 7) is 6.05. The zero-order valence-electron chi connectivity index (χ0n) is 13.6. The van der Waals surface area contributed by atoms with Crippen LogP contribution in [0.3, 0.4) is 0 Å². The van der Waals surface area contributed by atoms with E-state index in [-0.39, 0.29) is 11.8 Å². The van der Waals surface area contributed by atoms with Crippen molar-refractivity contribution in [3.05, 3.63) is 29.8 Å². The maximum absolute atomic E-state index is 12.0. The van der Waals surface area contributed by atoms with Crippen LogP contribution in [0.2, 0.25) is 0 Å². The Morgan fingerprint density at radius 2 is 1.87 bits per heavy atom. The van der Waals surface area contributed by atoms with Crippen molar-refractivity contribution < 1.29 is 14.3 Å². The molecule has 1 aliphatic heterocycles. The van der Waals surface area contributed by atoms with Crippen LogP contribution in [-0.2, 0) is 9.53 Å². The molecule has 0 aliphatic carbocycles. The third kappa shape index (κ3) is 6.00. The van der Waals surface area contributed by atoms with Gasteiger partial charge in [-0.1, -0.05) is 13.3 Å². The topological polar surface area (TPSA) is 70.7 Å². The molecule has 1 aromatic carbocycles. The quantitative estimate of drug-likeness (QED) is 0.747. The minimum atomic E-state index is -0.0790. The molecule has 0 spiro atoms. The minimum absolute atomic E-state index is 0.0490. The Kier molecular flexibility index (Phi) is 7.03. The standard InChI is InChI=1S/C17H25N3O3/c1-2-3-8-18-17(22)14-4-6-15(7-5-14)19-16(21)13-20-9-11-23-12-10-20/h4-7H,2-3,8-13H2,1H3,(H,18,22)(H,19,21). The molecule has 6 heteroatoms. The van der Waals surface area contributed by atoms with Gasteiger partial charge in [-0.15, -0.1) is 0 Å². The normalized spacial score (nSPS) is 15.2. The molecule has 1 aliphatic rings. The molecule has 0 radical (unpaired) electrons. The van der Waals surface area contributed by atoms with Gasteiger partial charge in [0.25, 0.3) is 5.91 Å². The first-order valence-corrected chi connectivity index (χ1v) is 8.17. The van der Waals surface area contributed by atoms with E-state index in [2.05, 4.69) is 22.5 Å². The number of carbonyl (C=O) groups excluding carboxylic acids is 2. The molecule has 23 heavy (non-hydrogen) atoms. The van der Waals surface area contributed by atoms with E-state index in [0.717, 1.165) is 25.9 Å². The Balaban J connectivity index is 1.79. The van der Waals surface area contributed by atoms with Crippen molar-refractivity contribution in [2.45, 2.75) is 19.8 Å². The highest BCUT2D eigenvalue weighted by atomic mass is 16.5. The maximum Gasteiger partial charge on any atom is 0.251 e. The zero-order chi connectivity index (χ0) is 16.5. The third-order valence-electron chi connectivity index (χ3n) is 3.72. The Labute approximate surface area is 137 Å². The van der Waals surface area contributed by atoms with Crippen molar-refractivity contribution in [1.82, 2.24) is 10.2 Å². The number of amides is 2. The molecule has 1 fully saturated rings. The van der Waals surface area contributed by atoms with Gasteiger partial charge in [-0.3, -0.25) is 14.5 Å². The summed E-state index contributed by atoms with van der Waals surface area (Å²) >= 11 is 0. The van der Waals surface area contributed by atoms with Crippen molar-refractivity contribution in [1.29, 1.82) is 0 Å². The molecule has 2 N–H and O–H groups in total. The second kappa shape index (κ2) is 9.27. The first kappa shape index (κ1) is 17.4. The summed E-state index contributed by atoms with van der Waals surface area (Å²) in [4.78, 5) is 26.0. The van der Waals surface area contributed by atoms with Crippen LogP contribution in [-0.4, -0.2) is 56.1 Å². The van der Waals surface area contributed by atoms with Crippen molar-refractivity contribution in [3.63, 3.8) is 0 Å². The Morgan fingerprint density at radius 1 is 1.17 bits per heavy atom. The van der Waals surface area contributed by atoms with Crippen LogP contribution in [0.25, 0.3) is 0 Å². The van der Waals surface area contributed by atoms with Crippen molar-refractivity contribution in [3.8, 4) is 0 Å². The Morgan fingerprint density at radius 3 is 2.52 bits per heavy atom. The van der Waals surface area contributed by atoms with E-state index >= 15 is 0 Å². The molecule has 0 unspecified atom stereocenters. The van der Waals surface area contributed by atoms with E-state index in [1.54, 1.807) is 24.3 Å². The number of morpholine rings is 1. The van der Waals surface area contributed by atoms with Crippen LogP contribution >= 0.6 is 0 Å². The molecule has 2 amide bonds. The van der Waals surface area contributed by atoms with E-state index in [0.29, 0.717) is 37.6 Å². The van der Waals surface area contributed by atoms with Crippen molar-refractivity contribution in [2.24, 2.45) is 0 Å². The smallest absolute Gasteiger partial charge is 0.251 e. The highest BCUT2D eigenvalue weighted by Gasteiger charge is 2.14. The zero-order valence-corrected chi connectivity index (χ0v) is 13.6. The number of ether oxygens (including phenoxy) is 1. The summed E-state index contributed by atoms with van der Waals surface area (Å²) in [6, 6.07) is 6.97. The number of nitrogens with one attached hydrogen (secondary N) is 2. The summed E-state index contributed by atoms with van der Waals surface area (Å²) in [5, 5.41) is 5.72. The highest BCUT2D eigenvalue weighted by Crippen LogP contribution is 2.10. The first-order valence-electron chi connectivity index (χ1n) is 8.17. The van der Waals surface area contributed by atoms with Crippen LogP contribution in [0.5, 0.6) is 0 Å². The van der Waals surface area contributed by atoms with Gasteiger partial charge in [-0.25, -0.2) is 0 Å². The molecule has 0 aromatic heterocycles. The molecule has 1 heterocycles. The van der Waals surface area contributed by atoms with Crippen molar-refractivity contribution in [2.75, 3.05) is 44.7 Å². The molecule has 126 valence electrons. The summed E-state index contributed by atoms with van der Waals surface area (Å²) in [5.41, 5.74) is 1.31. The largest absolute Gasteiger partial charge is 0.379 e. The molecule has 1 aromatic rings. The lowest BCUT2D eigenvalue weighted by Gasteiger charge is -2.25. The lowest BCUT2D eigenvalue weighted by atomic mass is 10.2. The fourth-order valence-electron chi connectivity index (χ4n) is 2.35. The lowest BCUT2D eigenvalue weighted by molar-refractivity contribution is -0.118. The summed E-state index contributed by atoms with van der Waals surface area (Å²) < 4.78 is 5.26. The van der Waals surface area contributed by atoms with Crippen LogP contribution < -0.4 is 10.6 Å². The second-order valence-electron chi connectivity index (χ2n) is 5.62. The molecule has 0 bridgehead atoms. The van der Waals surface area contributed by atoms with Crippen LogP contribution in [0.15, 0.2) is 24.3 Å². The van der Waals surface area contributed by atoms with Gasteiger partial charge < -0.3 is 15.4 Å². The second-order valence-corrected chi connectivity index (χ2v) is 5.62. The number of benzene rings is 1. The number of anilines is 1. The van der Waals surface area contributed by atoms with Gasteiger partial charge in [0.1, 0.15) is 0 Å². The molecular formula is C17H25N3O3. The fraction of sp³-hybridized carbons (Fsp3) is 0.529. The van der Waals surface area contributed by atoms with Gasteiger partial charge in [0.2, 0.25) is 5.91 Å². The van der Waals surface area contributed by atoms with Gasteiger partial charge >= 0.3 is 0 Å². The van der Waals surface area contributed by atoms with E-state index < -0.39 is 0 Å². The number of hydrogen-bond donors (Lipinski definition) is 2. The minimum Gasteiger partial charge on any atom is -0.379 e. The fourth-order valence-corrected chi connectivity index (χ4v) is 2.35. The number of unbranched alkanes of at least 4 members (excludes halogenated alkanes) is 1. The van der Waals surface area contributed by atoms with Gasteiger partial charge in [0.15, 0.2) is 0 Å². The van der Waals surface area contributed by atoms with E-state index in [1.165, 1.54) is 0 Å². The monoisotopic (exact) mass is 319 g/mol. The summed E-state index contributed by atoms with van der Waals surface area (Å²) in [5.74, 6) is -0.128. The molecule has 0 atom stereocenters. The predicted octanol–water partition coefficient (Wildman–Crippen LogP) is 1.49. The summed E-state index contributed by atoms with van der Waals surface area (Å²) in [6.07, 6.45) is 2.02. The van der Waals surface area contributed by atoms with E-state index in [4.69, 9.17) is 4.74 Å². The van der Waals surface area contributed by atoms with Crippen LogP contribution in [0, 0.1) is 0 Å². The highest BCUT2D eigenvalue weighted by molar-refractivity contribution is 5.96. The van der Waals surface area contributed by atoms with Gasteiger partial charge in [-0.2, -0.15) is 0 Å². The van der Waals surface area contributed by atoms with Gasteiger partial charge in [-0.05, 0) is 30.7 Å². The number of nitrogens with zero attached hydrogens (tertiary/aromatic N) is 1. The molecule has 0 saturated carbocycles. The Hall–Kier alpha value is -1.92. The first-order chi connectivity index (χ1) is 11.2.